The standard InChI is InChI=1S/C28H48N7O17P3S2/c1-4-5-6-10-56-13-19(37)57-11-9-30-18(36)7-8-31-26(40)23(39)28(2,3)14-49-55(46,47)52-54(44,45)48-12-17-22(51-53(41,42)43)21(38)27(50-17)35-16-34-20-24(29)32-15-33-25(20)35/h15-17,21-23,27,38-39H,4-14H2,1-3H3,(H,30,36)(H,31,40)(H,44,45)(H,46,47)(H2,29,32,33)(H2,41,42,43)/t17-,21-,22-,23+,27-/m1/s1. The summed E-state index contributed by atoms with van der Waals surface area (Å²) in [7, 11) is -16.4. The quantitative estimate of drug-likeness (QED) is 0.0486. The molecular formula is C28H48N7O17P3S2. The molecule has 0 aromatic carbocycles. The molecule has 2 unspecified atom stereocenters. The van der Waals surface area contributed by atoms with E-state index < -0.39 is 84.6 Å². The van der Waals surface area contributed by atoms with Gasteiger partial charge in [-0.25, -0.2) is 28.6 Å². The number of rotatable bonds is 25. The average Bonchev–Trinajstić information content (AvgIpc) is 3.68. The van der Waals surface area contributed by atoms with Gasteiger partial charge in [0, 0.05) is 30.7 Å². The van der Waals surface area contributed by atoms with Crippen LogP contribution in [-0.2, 0) is 50.7 Å². The number of anilines is 1. The van der Waals surface area contributed by atoms with E-state index in [-0.39, 0.29) is 41.6 Å². The number of aliphatic hydroxyl groups is 2. The van der Waals surface area contributed by atoms with Crippen LogP contribution < -0.4 is 16.4 Å². The number of ether oxygens (including phenoxy) is 1. The van der Waals surface area contributed by atoms with Crippen LogP contribution in [0.5, 0.6) is 0 Å². The van der Waals surface area contributed by atoms with Gasteiger partial charge in [-0.3, -0.25) is 32.5 Å². The van der Waals surface area contributed by atoms with E-state index in [0.29, 0.717) is 11.5 Å². The molecule has 324 valence electrons. The number of phosphoric ester groups is 3. The molecule has 24 nitrogen and oxygen atoms in total. The Labute approximate surface area is 335 Å². The van der Waals surface area contributed by atoms with Crippen LogP contribution in [-0.4, -0.2) is 134 Å². The Morgan fingerprint density at radius 3 is 2.42 bits per heavy atom. The molecule has 0 aliphatic carbocycles. The van der Waals surface area contributed by atoms with Crippen LogP contribution in [0.3, 0.4) is 0 Å². The minimum absolute atomic E-state index is 0.0164. The van der Waals surface area contributed by atoms with Gasteiger partial charge in [-0.05, 0) is 12.2 Å². The van der Waals surface area contributed by atoms with Gasteiger partial charge in [0.25, 0.3) is 0 Å². The lowest BCUT2D eigenvalue weighted by Gasteiger charge is -2.30. The number of carbonyl (C=O) groups excluding carboxylic acids is 3. The van der Waals surface area contributed by atoms with Crippen LogP contribution in [0.25, 0.3) is 11.2 Å². The van der Waals surface area contributed by atoms with Crippen molar-refractivity contribution in [3.63, 3.8) is 0 Å². The molecule has 3 heterocycles. The number of fused-ring (bicyclic) bond motifs is 1. The van der Waals surface area contributed by atoms with Crippen LogP contribution in [0.4, 0.5) is 5.82 Å². The van der Waals surface area contributed by atoms with Gasteiger partial charge < -0.3 is 50.9 Å². The summed E-state index contributed by atoms with van der Waals surface area (Å²) in [6.07, 6.45) is -3.61. The molecule has 7 atom stereocenters. The Hall–Kier alpha value is -2.09. The predicted molar refractivity (Wildman–Crippen MR) is 204 cm³/mol. The number of hydrogen-bond acceptors (Lipinski definition) is 19. The highest BCUT2D eigenvalue weighted by molar-refractivity contribution is 8.15. The van der Waals surface area contributed by atoms with E-state index in [9.17, 15) is 57.9 Å². The molecule has 57 heavy (non-hydrogen) atoms. The largest absolute Gasteiger partial charge is 0.481 e. The third-order valence-electron chi connectivity index (χ3n) is 7.88. The average molecular weight is 912 g/mol. The second-order valence-corrected chi connectivity index (χ2v) is 19.5. The SMILES string of the molecule is CCCCCSCC(=O)SCCNC(=O)CCNC(=O)[C@H](O)C(C)(C)COP(=O)(O)OP(=O)(O)OC[C@H]1O[C@@H](n2cnc3c(N)ncnc32)[C@H](O)[C@@H]1OP(=O)(O)O. The number of imidazole rings is 1. The van der Waals surface area contributed by atoms with E-state index in [1.54, 1.807) is 11.8 Å². The highest BCUT2D eigenvalue weighted by Crippen LogP contribution is 2.61. The van der Waals surface area contributed by atoms with Gasteiger partial charge in [0.15, 0.2) is 22.8 Å². The maximum Gasteiger partial charge on any atom is 0.481 e. The van der Waals surface area contributed by atoms with Crippen LogP contribution in [0, 0.1) is 5.41 Å². The molecule has 3 rings (SSSR count). The summed E-state index contributed by atoms with van der Waals surface area (Å²) in [5.41, 5.74) is 4.27. The second-order valence-electron chi connectivity index (χ2n) is 13.0. The normalized spacial score (nSPS) is 21.5. The number of aliphatic hydroxyl groups excluding tert-OH is 2. The molecule has 1 fully saturated rings. The van der Waals surface area contributed by atoms with Crippen molar-refractivity contribution >= 4 is 80.9 Å². The first-order chi connectivity index (χ1) is 26.6. The number of aromatic nitrogens is 4. The molecular weight excluding hydrogens is 863 g/mol. The number of hydrogen-bond donors (Lipinski definition) is 9. The Balaban J connectivity index is 1.45. The number of unbranched alkanes of at least 4 members (excludes halogenated alkanes) is 2. The number of nitrogens with zero attached hydrogens (tertiary/aromatic N) is 4. The number of amides is 2. The molecule has 2 aromatic rings. The monoisotopic (exact) mass is 911 g/mol. The fourth-order valence-corrected chi connectivity index (χ4v) is 9.51. The fraction of sp³-hybridized carbons (Fsp3) is 0.714. The smallest absolute Gasteiger partial charge is 0.386 e. The summed E-state index contributed by atoms with van der Waals surface area (Å²) in [6, 6.07) is 0. The zero-order chi connectivity index (χ0) is 42.6. The van der Waals surface area contributed by atoms with Crippen molar-refractivity contribution in [1.29, 1.82) is 0 Å². The molecule has 2 amide bonds. The molecule has 29 heteroatoms. The zero-order valence-electron chi connectivity index (χ0n) is 31.0. The van der Waals surface area contributed by atoms with Crippen molar-refractivity contribution in [3.05, 3.63) is 12.7 Å². The van der Waals surface area contributed by atoms with Gasteiger partial charge in [0.2, 0.25) is 11.8 Å². The number of nitrogen functional groups attached to an aromatic ring is 1. The molecule has 0 saturated carbocycles. The second kappa shape index (κ2) is 22.0. The van der Waals surface area contributed by atoms with Crippen LogP contribution in [0.15, 0.2) is 12.7 Å². The van der Waals surface area contributed by atoms with Gasteiger partial charge in [-0.15, -0.1) is 0 Å². The summed E-state index contributed by atoms with van der Waals surface area (Å²) in [6.45, 7) is 2.65. The van der Waals surface area contributed by atoms with Gasteiger partial charge in [-0.1, -0.05) is 45.4 Å². The van der Waals surface area contributed by atoms with Crippen molar-refractivity contribution in [1.82, 2.24) is 30.2 Å². The van der Waals surface area contributed by atoms with E-state index >= 15 is 0 Å². The maximum atomic E-state index is 12.7. The van der Waals surface area contributed by atoms with Crippen LogP contribution in [0.2, 0.25) is 0 Å². The number of nitrogens with one attached hydrogen (secondary N) is 2. The van der Waals surface area contributed by atoms with E-state index in [4.69, 9.17) is 19.5 Å². The van der Waals surface area contributed by atoms with Crippen molar-refractivity contribution < 1.29 is 80.5 Å². The molecule has 10 N–H and O–H groups in total. The fourth-order valence-electron chi connectivity index (χ4n) is 4.95. The van der Waals surface area contributed by atoms with Gasteiger partial charge in [-0.2, -0.15) is 16.1 Å². The van der Waals surface area contributed by atoms with Crippen LogP contribution >= 0.6 is 47.0 Å². The molecule has 1 saturated heterocycles. The first-order valence-corrected chi connectivity index (χ1v) is 23.8. The lowest BCUT2D eigenvalue weighted by Crippen LogP contribution is -2.46. The number of carbonyl (C=O) groups is 3. The van der Waals surface area contributed by atoms with Gasteiger partial charge in [0.05, 0.1) is 25.3 Å². The van der Waals surface area contributed by atoms with Crippen LogP contribution in [0.1, 0.15) is 52.7 Å². The Morgan fingerprint density at radius 2 is 1.74 bits per heavy atom. The molecule has 1 aliphatic rings. The highest BCUT2D eigenvalue weighted by Gasteiger charge is 2.50. The minimum atomic E-state index is -5.57. The third-order valence-corrected chi connectivity index (χ3v) is 13.1. The van der Waals surface area contributed by atoms with Crippen molar-refractivity contribution in [2.24, 2.45) is 5.41 Å². The first-order valence-electron chi connectivity index (χ1n) is 17.2. The summed E-state index contributed by atoms with van der Waals surface area (Å²) in [5, 5.41) is 26.4. The highest BCUT2D eigenvalue weighted by atomic mass is 32.2. The van der Waals surface area contributed by atoms with E-state index in [1.165, 1.54) is 13.8 Å². The molecule has 0 radical (unpaired) electrons. The zero-order valence-corrected chi connectivity index (χ0v) is 35.3. The number of nitrogens with two attached hydrogens (primary N) is 1. The van der Waals surface area contributed by atoms with Crippen molar-refractivity contribution in [2.75, 3.05) is 49.3 Å². The number of thioether (sulfide) groups is 2. The Bertz CT molecular complexity index is 1820. The van der Waals surface area contributed by atoms with E-state index in [0.717, 1.165) is 54.0 Å². The lowest BCUT2D eigenvalue weighted by atomic mass is 9.87. The van der Waals surface area contributed by atoms with E-state index in [2.05, 4.69) is 41.3 Å². The van der Waals surface area contributed by atoms with Crippen molar-refractivity contribution in [2.45, 2.75) is 77.1 Å². The molecule has 2 aromatic heterocycles. The summed E-state index contributed by atoms with van der Waals surface area (Å²) in [5.74, 6) is 0.256. The molecule has 1 aliphatic heterocycles. The van der Waals surface area contributed by atoms with Gasteiger partial charge >= 0.3 is 23.5 Å². The summed E-state index contributed by atoms with van der Waals surface area (Å²) in [4.78, 5) is 87.6. The predicted octanol–water partition coefficient (Wildman–Crippen LogP) is 0.588. The third kappa shape index (κ3) is 16.1. The summed E-state index contributed by atoms with van der Waals surface area (Å²) >= 11 is 2.69. The minimum Gasteiger partial charge on any atom is -0.386 e. The van der Waals surface area contributed by atoms with E-state index in [1.807, 2.05) is 0 Å². The lowest BCUT2D eigenvalue weighted by molar-refractivity contribution is -0.137. The Morgan fingerprint density at radius 1 is 1.04 bits per heavy atom. The van der Waals surface area contributed by atoms with Crippen molar-refractivity contribution in [3.8, 4) is 0 Å². The molecule has 0 spiro atoms. The number of phosphoric acid groups is 3. The maximum absolute atomic E-state index is 12.7. The topological polar surface area (TPSA) is 364 Å². The van der Waals surface area contributed by atoms with Gasteiger partial charge in [0.1, 0.15) is 36.3 Å². The Kier molecular flexibility index (Phi) is 19.0. The summed E-state index contributed by atoms with van der Waals surface area (Å²) < 4.78 is 62.1. The molecule has 0 bridgehead atoms. The first kappa shape index (κ1) is 49.3.